The highest BCUT2D eigenvalue weighted by Crippen LogP contribution is 2.33. The Bertz CT molecular complexity index is 2310. The molecule has 0 bridgehead atoms. The maximum Gasteiger partial charge on any atom is 0.416 e. The summed E-state index contributed by atoms with van der Waals surface area (Å²) in [4.78, 5) is 45.3. The highest BCUT2D eigenvalue weighted by Gasteiger charge is 2.32. The SMILES string of the molecule is Cc1cc(-c2ncn(/C=C\C(=O)NCc3cncnc3)n2)cc(C(F)(F)F)c1.Cc1cc(-c2ncn(/C=C\C(=O)O)n2)cc(C(F)(F)F)c1.NCc1cncnc1. The van der Waals surface area contributed by atoms with Gasteiger partial charge in [-0.3, -0.25) is 4.79 Å². The molecule has 0 aliphatic heterocycles. The van der Waals surface area contributed by atoms with Gasteiger partial charge in [0.15, 0.2) is 11.6 Å². The van der Waals surface area contributed by atoms with E-state index in [0.717, 1.165) is 52.4 Å². The molecule has 6 rings (SSSR count). The maximum absolute atomic E-state index is 13.0. The molecule has 0 aliphatic rings. The fraction of sp³-hybridized carbons (Fsp3) is 0.167. The Balaban J connectivity index is 0.000000217. The first-order valence-electron chi connectivity index (χ1n) is 16.3. The van der Waals surface area contributed by atoms with Crippen LogP contribution in [0.2, 0.25) is 0 Å². The zero-order valence-corrected chi connectivity index (χ0v) is 29.9. The summed E-state index contributed by atoms with van der Waals surface area (Å²) >= 11 is 0. The van der Waals surface area contributed by atoms with Gasteiger partial charge in [0.1, 0.15) is 25.3 Å². The lowest BCUT2D eigenvalue weighted by molar-refractivity contribution is -0.138. The van der Waals surface area contributed by atoms with Gasteiger partial charge in [0, 0.05) is 84.7 Å². The van der Waals surface area contributed by atoms with Crippen molar-refractivity contribution < 1.29 is 41.0 Å². The van der Waals surface area contributed by atoms with Crippen molar-refractivity contribution in [3.63, 3.8) is 0 Å². The van der Waals surface area contributed by atoms with Crippen molar-refractivity contribution >= 4 is 24.3 Å². The van der Waals surface area contributed by atoms with Crippen LogP contribution in [-0.4, -0.2) is 66.4 Å². The summed E-state index contributed by atoms with van der Waals surface area (Å²) in [6.07, 6.45) is 7.62. The number of carboxylic acid groups (broad SMARTS) is 1. The van der Waals surface area contributed by atoms with Crippen LogP contribution in [0.5, 0.6) is 0 Å². The lowest BCUT2D eigenvalue weighted by Gasteiger charge is -2.09. The Hall–Kier alpha value is -7.16. The number of aliphatic carboxylic acids is 1. The standard InChI is InChI=1S/C18H15F3N6O.C13H10F3N3O2.C5H7N3/c1-12-4-14(6-15(5-12)18(19,20)21)17-25-11-27(26-17)3-2-16(28)24-9-13-7-22-10-23-8-13;1-8-4-9(6-10(5-8)13(14,15)16)12-17-7-19(18-12)3-2-11(20)21;6-1-5-2-7-4-8-3-5/h2-8,10-11H,9H2,1H3,(H,24,28);2-7H,1H3,(H,20,21);2-4H,1,6H2/b2*3-2-;. The Labute approximate surface area is 319 Å². The van der Waals surface area contributed by atoms with Crippen molar-refractivity contribution in [2.24, 2.45) is 5.73 Å². The van der Waals surface area contributed by atoms with E-state index in [-0.39, 0.29) is 35.2 Å². The molecule has 0 saturated heterocycles. The molecule has 57 heavy (non-hydrogen) atoms. The maximum atomic E-state index is 13.0. The molecule has 4 aromatic heterocycles. The second kappa shape index (κ2) is 19.4. The number of halogens is 6. The minimum Gasteiger partial charge on any atom is -0.478 e. The molecule has 0 saturated carbocycles. The van der Waals surface area contributed by atoms with Crippen molar-refractivity contribution in [2.45, 2.75) is 39.3 Å². The van der Waals surface area contributed by atoms with Gasteiger partial charge in [-0.2, -0.15) is 26.3 Å². The lowest BCUT2D eigenvalue weighted by atomic mass is 10.1. The monoisotopic (exact) mass is 794 g/mol. The minimum absolute atomic E-state index is 0.0826. The predicted octanol–water partition coefficient (Wildman–Crippen LogP) is 5.61. The molecule has 1 amide bonds. The van der Waals surface area contributed by atoms with Gasteiger partial charge in [-0.05, 0) is 61.4 Å². The number of alkyl halides is 6. The molecular formula is C36H32F6N12O3. The first-order valence-corrected chi connectivity index (χ1v) is 16.3. The third-order valence-electron chi connectivity index (χ3n) is 7.02. The quantitative estimate of drug-likeness (QED) is 0.121. The van der Waals surface area contributed by atoms with Crippen LogP contribution in [0, 0.1) is 13.8 Å². The van der Waals surface area contributed by atoms with Crippen LogP contribution in [0.4, 0.5) is 26.3 Å². The van der Waals surface area contributed by atoms with Gasteiger partial charge >= 0.3 is 18.3 Å². The highest BCUT2D eigenvalue weighted by atomic mass is 19.4. The number of amides is 1. The molecule has 2 aromatic carbocycles. The molecule has 4 N–H and O–H groups in total. The summed E-state index contributed by atoms with van der Waals surface area (Å²) in [6, 6.07) is 7.12. The van der Waals surface area contributed by atoms with Crippen LogP contribution < -0.4 is 11.1 Å². The smallest absolute Gasteiger partial charge is 0.416 e. The van der Waals surface area contributed by atoms with Crippen molar-refractivity contribution in [3.05, 3.63) is 132 Å². The Kier molecular flexibility index (Phi) is 14.5. The number of nitrogens with zero attached hydrogens (tertiary/aromatic N) is 10. The molecule has 0 aliphatic carbocycles. The van der Waals surface area contributed by atoms with Crippen LogP contribution in [-0.2, 0) is 35.0 Å². The fourth-order valence-electron chi connectivity index (χ4n) is 4.50. The van der Waals surface area contributed by atoms with Crippen molar-refractivity contribution in [2.75, 3.05) is 0 Å². The first kappa shape index (κ1) is 42.6. The Morgan fingerprint density at radius 3 is 1.54 bits per heavy atom. The summed E-state index contributed by atoms with van der Waals surface area (Å²) in [5, 5.41) is 19.1. The average Bonchev–Trinajstić information content (AvgIpc) is 3.86. The number of carbonyl (C=O) groups is 2. The van der Waals surface area contributed by atoms with E-state index in [4.69, 9.17) is 10.8 Å². The van der Waals surface area contributed by atoms with Gasteiger partial charge in [-0.1, -0.05) is 0 Å². The van der Waals surface area contributed by atoms with Crippen LogP contribution in [0.15, 0.2) is 98.6 Å². The number of hydrogen-bond acceptors (Lipinski definition) is 11. The van der Waals surface area contributed by atoms with Crippen LogP contribution >= 0.6 is 0 Å². The van der Waals surface area contributed by atoms with Crippen LogP contribution in [0.25, 0.3) is 35.2 Å². The normalized spacial score (nSPS) is 11.5. The Morgan fingerprint density at radius 2 is 1.14 bits per heavy atom. The fourth-order valence-corrected chi connectivity index (χ4v) is 4.50. The van der Waals surface area contributed by atoms with E-state index in [0.29, 0.717) is 17.7 Å². The molecule has 0 radical (unpaired) electrons. The van der Waals surface area contributed by atoms with Crippen molar-refractivity contribution in [1.82, 2.24) is 54.8 Å². The molecule has 0 atom stereocenters. The summed E-state index contributed by atoms with van der Waals surface area (Å²) in [5.74, 6) is -1.34. The molecule has 0 fully saturated rings. The van der Waals surface area contributed by atoms with Gasteiger partial charge in [-0.25, -0.2) is 44.1 Å². The number of hydrogen-bond donors (Lipinski definition) is 3. The number of benzene rings is 2. The van der Waals surface area contributed by atoms with E-state index < -0.39 is 29.4 Å². The van der Waals surface area contributed by atoms with Crippen molar-refractivity contribution in [3.8, 4) is 22.8 Å². The second-order valence-electron chi connectivity index (χ2n) is 11.7. The number of aryl methyl sites for hydroxylation is 2. The van der Waals surface area contributed by atoms with E-state index in [1.807, 2.05) is 0 Å². The number of aromatic nitrogens is 10. The van der Waals surface area contributed by atoms with E-state index in [2.05, 4.69) is 45.4 Å². The molecule has 15 nitrogen and oxygen atoms in total. The molecule has 4 heterocycles. The zero-order chi connectivity index (χ0) is 41.6. The lowest BCUT2D eigenvalue weighted by Crippen LogP contribution is -2.20. The molecule has 21 heteroatoms. The molecule has 6 aromatic rings. The van der Waals surface area contributed by atoms with Gasteiger partial charge in [0.2, 0.25) is 5.91 Å². The van der Waals surface area contributed by atoms with E-state index in [1.54, 1.807) is 44.7 Å². The summed E-state index contributed by atoms with van der Waals surface area (Å²) in [5.41, 5.74) is 6.76. The predicted molar refractivity (Wildman–Crippen MR) is 192 cm³/mol. The Morgan fingerprint density at radius 1 is 0.702 bits per heavy atom. The largest absolute Gasteiger partial charge is 0.478 e. The number of nitrogens with two attached hydrogens (primary N) is 1. The van der Waals surface area contributed by atoms with Crippen molar-refractivity contribution in [1.29, 1.82) is 0 Å². The molecular weight excluding hydrogens is 762 g/mol. The number of rotatable bonds is 9. The molecule has 0 spiro atoms. The van der Waals surface area contributed by atoms with Crippen LogP contribution in [0.1, 0.15) is 33.4 Å². The topological polar surface area (TPSA) is 205 Å². The van der Waals surface area contributed by atoms with E-state index in [1.165, 1.54) is 48.3 Å². The number of carbonyl (C=O) groups excluding carboxylic acids is 1. The number of nitrogens with one attached hydrogen (secondary N) is 1. The van der Waals surface area contributed by atoms with E-state index >= 15 is 0 Å². The number of carboxylic acids is 1. The van der Waals surface area contributed by atoms with Crippen LogP contribution in [0.3, 0.4) is 0 Å². The van der Waals surface area contributed by atoms with Gasteiger partial charge in [-0.15, -0.1) is 10.2 Å². The summed E-state index contributed by atoms with van der Waals surface area (Å²) < 4.78 is 79.5. The van der Waals surface area contributed by atoms with Gasteiger partial charge in [0.05, 0.1) is 11.1 Å². The highest BCUT2D eigenvalue weighted by molar-refractivity contribution is 5.90. The zero-order valence-electron chi connectivity index (χ0n) is 29.9. The third-order valence-corrected chi connectivity index (χ3v) is 7.02. The average molecular weight is 795 g/mol. The van der Waals surface area contributed by atoms with Gasteiger partial charge < -0.3 is 16.2 Å². The minimum atomic E-state index is -4.45. The second-order valence-corrected chi connectivity index (χ2v) is 11.7. The van der Waals surface area contributed by atoms with E-state index in [9.17, 15) is 35.9 Å². The van der Waals surface area contributed by atoms with Gasteiger partial charge in [0.25, 0.3) is 0 Å². The molecule has 0 unspecified atom stereocenters. The summed E-state index contributed by atoms with van der Waals surface area (Å²) in [6.45, 7) is 3.88. The first-order chi connectivity index (χ1) is 27.0. The molecule has 296 valence electrons. The summed E-state index contributed by atoms with van der Waals surface area (Å²) in [7, 11) is 0. The third kappa shape index (κ3) is 13.9.